The number of ether oxygens (including phenoxy) is 1. The van der Waals surface area contributed by atoms with Crippen LogP contribution in [0.25, 0.3) is 11.0 Å². The molecule has 2 aromatic carbocycles. The van der Waals surface area contributed by atoms with Gasteiger partial charge in [-0.05, 0) is 62.2 Å². The number of hydrogen-bond donors (Lipinski definition) is 1. The fourth-order valence-corrected chi connectivity index (χ4v) is 4.11. The van der Waals surface area contributed by atoms with Crippen LogP contribution in [0.4, 0.5) is 0 Å². The quantitative estimate of drug-likeness (QED) is 0.653. The van der Waals surface area contributed by atoms with Gasteiger partial charge in [-0.25, -0.2) is 0 Å². The van der Waals surface area contributed by atoms with E-state index in [2.05, 4.69) is 22.3 Å². The van der Waals surface area contributed by atoms with Gasteiger partial charge in [-0.2, -0.15) is 0 Å². The fourth-order valence-electron chi connectivity index (χ4n) is 4.11. The van der Waals surface area contributed by atoms with Gasteiger partial charge in [-0.1, -0.05) is 24.3 Å². The summed E-state index contributed by atoms with van der Waals surface area (Å²) in [7, 11) is 1.67. The smallest absolute Gasteiger partial charge is 0.224 e. The number of carbonyl (C=O) groups excluding carboxylic acids is 1. The van der Waals surface area contributed by atoms with Gasteiger partial charge in [-0.15, -0.1) is 0 Å². The van der Waals surface area contributed by atoms with Gasteiger partial charge in [0.15, 0.2) is 0 Å². The molecule has 5 heteroatoms. The Balaban J connectivity index is 1.43. The highest BCUT2D eigenvalue weighted by molar-refractivity contribution is 5.87. The van der Waals surface area contributed by atoms with E-state index in [0.717, 1.165) is 40.9 Å². The molecule has 29 heavy (non-hydrogen) atoms. The number of furan rings is 1. The van der Waals surface area contributed by atoms with Crippen molar-refractivity contribution >= 4 is 16.9 Å². The molecule has 0 radical (unpaired) electrons. The Bertz CT molecular complexity index is 971. The molecular weight excluding hydrogens is 364 g/mol. The Labute approximate surface area is 171 Å². The maximum atomic E-state index is 12.7. The molecule has 0 spiro atoms. The van der Waals surface area contributed by atoms with E-state index in [9.17, 15) is 4.79 Å². The summed E-state index contributed by atoms with van der Waals surface area (Å²) in [6, 6.07) is 14.4. The average Bonchev–Trinajstić information content (AvgIpc) is 3.39. The summed E-state index contributed by atoms with van der Waals surface area (Å²) in [5.41, 5.74) is 4.12. The Morgan fingerprint density at radius 3 is 2.66 bits per heavy atom. The third-order valence-electron chi connectivity index (χ3n) is 5.74. The average molecular weight is 392 g/mol. The maximum absolute atomic E-state index is 12.7. The molecule has 5 nitrogen and oxygen atoms in total. The molecule has 1 aliphatic heterocycles. The van der Waals surface area contributed by atoms with E-state index in [1.807, 2.05) is 37.3 Å². The first kappa shape index (κ1) is 19.5. The molecule has 152 valence electrons. The molecule has 2 heterocycles. The zero-order valence-corrected chi connectivity index (χ0v) is 17.1. The first-order chi connectivity index (χ1) is 14.1. The van der Waals surface area contributed by atoms with Gasteiger partial charge in [0.25, 0.3) is 0 Å². The predicted molar refractivity (Wildman–Crippen MR) is 114 cm³/mol. The number of rotatable bonds is 7. The second-order valence-electron chi connectivity index (χ2n) is 7.77. The van der Waals surface area contributed by atoms with Crippen molar-refractivity contribution in [2.45, 2.75) is 32.2 Å². The van der Waals surface area contributed by atoms with Gasteiger partial charge in [0.2, 0.25) is 5.91 Å². The summed E-state index contributed by atoms with van der Waals surface area (Å²) in [6.45, 7) is 4.77. The fraction of sp³-hybridized carbons (Fsp3) is 0.375. The SMILES string of the molecule is COc1ccc([C@H](CNC(=O)Cc2coc3cc(C)ccc23)N2CCCC2)cc1. The van der Waals surface area contributed by atoms with Crippen LogP contribution < -0.4 is 10.1 Å². The number of methoxy groups -OCH3 is 1. The van der Waals surface area contributed by atoms with Crippen LogP contribution in [0.2, 0.25) is 0 Å². The monoisotopic (exact) mass is 392 g/mol. The summed E-state index contributed by atoms with van der Waals surface area (Å²) < 4.78 is 10.9. The van der Waals surface area contributed by atoms with E-state index >= 15 is 0 Å². The molecule has 1 aliphatic rings. The molecule has 1 saturated heterocycles. The van der Waals surface area contributed by atoms with Gasteiger partial charge in [0, 0.05) is 17.5 Å². The molecule has 3 aromatic rings. The molecule has 0 unspecified atom stereocenters. The normalized spacial score (nSPS) is 15.5. The van der Waals surface area contributed by atoms with Crippen molar-refractivity contribution in [3.63, 3.8) is 0 Å². The molecule has 1 fully saturated rings. The summed E-state index contributed by atoms with van der Waals surface area (Å²) in [6.07, 6.45) is 4.44. The molecule has 1 amide bonds. The number of carbonyl (C=O) groups is 1. The van der Waals surface area contributed by atoms with Crippen LogP contribution in [-0.4, -0.2) is 37.6 Å². The topological polar surface area (TPSA) is 54.7 Å². The lowest BCUT2D eigenvalue weighted by molar-refractivity contribution is -0.120. The second-order valence-corrected chi connectivity index (χ2v) is 7.77. The van der Waals surface area contributed by atoms with Gasteiger partial charge < -0.3 is 14.5 Å². The third kappa shape index (κ3) is 4.46. The second kappa shape index (κ2) is 8.70. The first-order valence-corrected chi connectivity index (χ1v) is 10.3. The van der Waals surface area contributed by atoms with E-state index in [0.29, 0.717) is 13.0 Å². The Morgan fingerprint density at radius 2 is 1.93 bits per heavy atom. The van der Waals surface area contributed by atoms with Crippen LogP contribution >= 0.6 is 0 Å². The predicted octanol–water partition coefficient (Wildman–Crippen LogP) is 4.25. The number of hydrogen-bond acceptors (Lipinski definition) is 4. The lowest BCUT2D eigenvalue weighted by atomic mass is 10.0. The lowest BCUT2D eigenvalue weighted by Crippen LogP contribution is -2.37. The van der Waals surface area contributed by atoms with Gasteiger partial charge in [0.05, 0.1) is 25.8 Å². The van der Waals surface area contributed by atoms with Crippen molar-refractivity contribution in [3.8, 4) is 5.75 Å². The zero-order chi connectivity index (χ0) is 20.2. The van der Waals surface area contributed by atoms with E-state index in [4.69, 9.17) is 9.15 Å². The largest absolute Gasteiger partial charge is 0.497 e. The maximum Gasteiger partial charge on any atom is 0.224 e. The van der Waals surface area contributed by atoms with Crippen molar-refractivity contribution in [1.29, 1.82) is 0 Å². The molecule has 4 rings (SSSR count). The Kier molecular flexibility index (Phi) is 5.86. The first-order valence-electron chi connectivity index (χ1n) is 10.3. The van der Waals surface area contributed by atoms with Crippen LogP contribution in [0.1, 0.15) is 35.6 Å². The highest BCUT2D eigenvalue weighted by Gasteiger charge is 2.24. The number of amides is 1. The molecule has 1 atom stereocenters. The van der Waals surface area contributed by atoms with Crippen LogP contribution in [0.15, 0.2) is 53.1 Å². The van der Waals surface area contributed by atoms with Crippen molar-refractivity contribution < 1.29 is 13.9 Å². The van der Waals surface area contributed by atoms with Crippen LogP contribution in [-0.2, 0) is 11.2 Å². The van der Waals surface area contributed by atoms with Gasteiger partial charge in [0.1, 0.15) is 11.3 Å². The van der Waals surface area contributed by atoms with Crippen LogP contribution in [0.3, 0.4) is 0 Å². The van der Waals surface area contributed by atoms with Crippen LogP contribution in [0.5, 0.6) is 5.75 Å². The molecule has 1 N–H and O–H groups in total. The summed E-state index contributed by atoms with van der Waals surface area (Å²) >= 11 is 0. The highest BCUT2D eigenvalue weighted by Crippen LogP contribution is 2.27. The minimum Gasteiger partial charge on any atom is -0.497 e. The van der Waals surface area contributed by atoms with Gasteiger partial charge in [-0.3, -0.25) is 9.69 Å². The van der Waals surface area contributed by atoms with Crippen LogP contribution in [0, 0.1) is 6.92 Å². The molecule has 0 aliphatic carbocycles. The minimum atomic E-state index is 0.0194. The number of fused-ring (bicyclic) bond motifs is 1. The standard InChI is InChI=1S/C24H28N2O3/c1-17-5-10-21-19(16-29-23(21)13-17)14-24(27)25-15-22(26-11-3-4-12-26)18-6-8-20(28-2)9-7-18/h5-10,13,16,22H,3-4,11-12,14-15H2,1-2H3,(H,25,27)/t22-/m0/s1. The van der Waals surface area contributed by atoms with Crippen molar-refractivity contribution in [1.82, 2.24) is 10.2 Å². The Morgan fingerprint density at radius 1 is 1.17 bits per heavy atom. The van der Waals surface area contributed by atoms with Crippen molar-refractivity contribution in [3.05, 3.63) is 65.4 Å². The molecule has 0 saturated carbocycles. The summed E-state index contributed by atoms with van der Waals surface area (Å²) in [4.78, 5) is 15.1. The number of likely N-dealkylation sites (tertiary alicyclic amines) is 1. The van der Waals surface area contributed by atoms with E-state index in [-0.39, 0.29) is 11.9 Å². The summed E-state index contributed by atoms with van der Waals surface area (Å²) in [5, 5.41) is 4.16. The third-order valence-corrected chi connectivity index (χ3v) is 5.74. The minimum absolute atomic E-state index is 0.0194. The van der Waals surface area contributed by atoms with E-state index < -0.39 is 0 Å². The Hall–Kier alpha value is -2.79. The highest BCUT2D eigenvalue weighted by atomic mass is 16.5. The van der Waals surface area contributed by atoms with Gasteiger partial charge >= 0.3 is 0 Å². The summed E-state index contributed by atoms with van der Waals surface area (Å²) in [5.74, 6) is 0.867. The van der Waals surface area contributed by atoms with Crippen molar-refractivity contribution in [2.24, 2.45) is 0 Å². The molecule has 1 aromatic heterocycles. The molecular formula is C24H28N2O3. The number of benzene rings is 2. The van der Waals surface area contributed by atoms with E-state index in [1.165, 1.54) is 18.4 Å². The van der Waals surface area contributed by atoms with E-state index in [1.54, 1.807) is 13.4 Å². The molecule has 0 bridgehead atoms. The number of aryl methyl sites for hydroxylation is 1. The lowest BCUT2D eigenvalue weighted by Gasteiger charge is -2.28. The zero-order valence-electron chi connectivity index (χ0n) is 17.1. The number of nitrogens with one attached hydrogen (secondary N) is 1. The number of nitrogens with zero attached hydrogens (tertiary/aromatic N) is 1. The van der Waals surface area contributed by atoms with Crippen molar-refractivity contribution in [2.75, 3.05) is 26.7 Å².